The summed E-state index contributed by atoms with van der Waals surface area (Å²) in [4.78, 5) is 5.47. The van der Waals surface area contributed by atoms with Crippen LogP contribution in [0.1, 0.15) is 28.3 Å². The predicted octanol–water partition coefficient (Wildman–Crippen LogP) is 7.91. The third kappa shape index (κ3) is 4.75. The van der Waals surface area contributed by atoms with E-state index in [-0.39, 0.29) is 6.04 Å². The van der Waals surface area contributed by atoms with Crippen LogP contribution >= 0.6 is 7.92 Å². The maximum Gasteiger partial charge on any atom is 0.218 e. The van der Waals surface area contributed by atoms with Crippen LogP contribution in [0.25, 0.3) is 0 Å². The summed E-state index contributed by atoms with van der Waals surface area (Å²) in [7, 11) is -0.852. The fraction of sp³-hybridized carbons (Fsp3) is 0.0513. The molecule has 202 valence electrons. The number of ether oxygens (including phenoxy) is 1. The monoisotopic (exact) mass is 559 g/mol. The Hall–Kier alpha value is -4.78. The van der Waals surface area contributed by atoms with Gasteiger partial charge in [0, 0.05) is 16.7 Å². The second kappa shape index (κ2) is 11.6. The van der Waals surface area contributed by atoms with E-state index in [1.54, 1.807) is 0 Å². The average Bonchev–Trinajstić information content (AvgIpc) is 3.49. The van der Waals surface area contributed by atoms with Crippen LogP contribution in [0.5, 0.6) is 0 Å². The quantitative estimate of drug-likeness (QED) is 0.182. The van der Waals surface area contributed by atoms with Gasteiger partial charge in [-0.15, -0.1) is 0 Å². The molecule has 0 spiro atoms. The van der Waals surface area contributed by atoms with Crippen LogP contribution < -0.4 is 15.9 Å². The number of hydrogen-bond acceptors (Lipinski definition) is 2. The van der Waals surface area contributed by atoms with Crippen molar-refractivity contribution in [3.8, 4) is 0 Å². The summed E-state index contributed by atoms with van der Waals surface area (Å²) in [5, 5.41) is 3.82. The highest BCUT2D eigenvalue weighted by Crippen LogP contribution is 2.51. The Morgan fingerprint density at radius 3 is 1.43 bits per heavy atom. The van der Waals surface area contributed by atoms with Crippen LogP contribution in [-0.2, 0) is 10.3 Å². The highest BCUT2D eigenvalue weighted by atomic mass is 31.1. The van der Waals surface area contributed by atoms with E-state index in [0.29, 0.717) is 5.90 Å². The molecule has 1 aliphatic heterocycles. The van der Waals surface area contributed by atoms with E-state index in [2.05, 4.69) is 176 Å². The first-order valence-corrected chi connectivity index (χ1v) is 15.6. The smallest absolute Gasteiger partial charge is 0.218 e. The molecule has 3 heteroatoms. The molecule has 1 aliphatic rings. The average molecular weight is 560 g/mol. The number of hydrogen-bond donors (Lipinski definition) is 0. The topological polar surface area (TPSA) is 21.6 Å². The van der Waals surface area contributed by atoms with Crippen molar-refractivity contribution >= 4 is 29.7 Å². The first-order valence-electron chi connectivity index (χ1n) is 14.3. The largest absolute Gasteiger partial charge is 0.458 e. The van der Waals surface area contributed by atoms with Gasteiger partial charge in [0.1, 0.15) is 6.04 Å². The van der Waals surface area contributed by atoms with Gasteiger partial charge < -0.3 is 4.74 Å². The third-order valence-electron chi connectivity index (χ3n) is 7.81. The minimum Gasteiger partial charge on any atom is -0.458 e. The summed E-state index contributed by atoms with van der Waals surface area (Å²) in [6, 6.07) is 61.6. The van der Waals surface area contributed by atoms with Crippen LogP contribution in [0.3, 0.4) is 0 Å². The lowest BCUT2D eigenvalue weighted by atomic mass is 9.78. The highest BCUT2D eigenvalue weighted by molar-refractivity contribution is 7.80. The van der Waals surface area contributed by atoms with Crippen molar-refractivity contribution in [1.82, 2.24) is 0 Å². The van der Waals surface area contributed by atoms with Gasteiger partial charge in [0.2, 0.25) is 5.90 Å². The van der Waals surface area contributed by atoms with Crippen LogP contribution in [0.2, 0.25) is 0 Å². The molecule has 0 radical (unpaired) electrons. The molecule has 42 heavy (non-hydrogen) atoms. The minimum absolute atomic E-state index is 0.272. The van der Waals surface area contributed by atoms with Crippen molar-refractivity contribution in [3.05, 3.63) is 198 Å². The summed E-state index contributed by atoms with van der Waals surface area (Å²) in [6.07, 6.45) is 0. The van der Waals surface area contributed by atoms with E-state index in [0.717, 1.165) is 22.3 Å². The van der Waals surface area contributed by atoms with E-state index in [1.807, 2.05) is 0 Å². The Morgan fingerprint density at radius 2 is 0.905 bits per heavy atom. The molecule has 0 aliphatic carbocycles. The van der Waals surface area contributed by atoms with E-state index < -0.39 is 13.5 Å². The van der Waals surface area contributed by atoms with Crippen molar-refractivity contribution in [2.45, 2.75) is 11.6 Å². The van der Waals surface area contributed by atoms with E-state index in [1.165, 1.54) is 15.9 Å². The van der Waals surface area contributed by atoms with Crippen LogP contribution in [0.15, 0.2) is 181 Å². The standard InChI is InChI=1S/C39H30NOP/c1-6-18-30(19-7-1)37-39(31-20-8-2-9-21-31,32-22-10-3-11-23-32)41-38(40-37)35-28-16-17-29-36(35)42(33-24-12-4-13-25-33)34-26-14-5-15-27-34/h1-29,37H/t37-/m1/s1. The lowest BCUT2D eigenvalue weighted by Crippen LogP contribution is -2.35. The van der Waals surface area contributed by atoms with Gasteiger partial charge in [-0.2, -0.15) is 0 Å². The predicted molar refractivity (Wildman–Crippen MR) is 176 cm³/mol. The zero-order valence-corrected chi connectivity index (χ0v) is 24.0. The number of aliphatic imine (C=N–C) groups is 1. The number of nitrogens with zero attached hydrogens (tertiary/aromatic N) is 1. The maximum atomic E-state index is 7.30. The summed E-state index contributed by atoms with van der Waals surface area (Å²) < 4.78 is 7.30. The van der Waals surface area contributed by atoms with Gasteiger partial charge >= 0.3 is 0 Å². The molecule has 0 saturated carbocycles. The maximum absolute atomic E-state index is 7.30. The molecular formula is C39H30NOP. The Bertz CT molecular complexity index is 1710. The second-order valence-corrected chi connectivity index (χ2v) is 12.5. The van der Waals surface area contributed by atoms with E-state index >= 15 is 0 Å². The van der Waals surface area contributed by atoms with Gasteiger partial charge in [-0.25, -0.2) is 4.99 Å². The molecule has 7 rings (SSSR count). The van der Waals surface area contributed by atoms with Gasteiger partial charge in [-0.3, -0.25) is 0 Å². The molecule has 2 nitrogen and oxygen atoms in total. The zero-order chi connectivity index (χ0) is 28.2. The first-order chi connectivity index (χ1) is 20.8. The molecule has 0 saturated heterocycles. The lowest BCUT2D eigenvalue weighted by molar-refractivity contribution is 0.0981. The molecule has 0 amide bonds. The molecular weight excluding hydrogens is 529 g/mol. The van der Waals surface area contributed by atoms with Crippen molar-refractivity contribution in [2.24, 2.45) is 4.99 Å². The molecule has 1 heterocycles. The van der Waals surface area contributed by atoms with Crippen molar-refractivity contribution < 1.29 is 4.74 Å². The fourth-order valence-corrected chi connectivity index (χ4v) is 8.36. The van der Waals surface area contributed by atoms with E-state index in [9.17, 15) is 0 Å². The van der Waals surface area contributed by atoms with E-state index in [4.69, 9.17) is 9.73 Å². The molecule has 6 aromatic rings. The molecule has 0 bridgehead atoms. The Labute approximate surface area is 248 Å². The van der Waals surface area contributed by atoms with Crippen molar-refractivity contribution in [2.75, 3.05) is 0 Å². The van der Waals surface area contributed by atoms with Crippen LogP contribution in [0, 0.1) is 0 Å². The van der Waals surface area contributed by atoms with Gasteiger partial charge in [0.05, 0.1) is 0 Å². The molecule has 0 unspecified atom stereocenters. The Balaban J connectivity index is 1.45. The second-order valence-electron chi connectivity index (χ2n) is 10.3. The normalized spacial score (nSPS) is 15.6. The van der Waals surface area contributed by atoms with Crippen LogP contribution in [-0.4, -0.2) is 5.90 Å². The van der Waals surface area contributed by atoms with Crippen LogP contribution in [0.4, 0.5) is 0 Å². The Morgan fingerprint density at radius 1 is 0.476 bits per heavy atom. The highest BCUT2D eigenvalue weighted by Gasteiger charge is 2.51. The fourth-order valence-electron chi connectivity index (χ4n) is 5.91. The number of benzene rings is 6. The van der Waals surface area contributed by atoms with Gasteiger partial charge in [0.25, 0.3) is 0 Å². The summed E-state index contributed by atoms with van der Waals surface area (Å²) in [5.74, 6) is 0.673. The minimum atomic E-state index is -0.852. The molecule has 6 aromatic carbocycles. The zero-order valence-electron chi connectivity index (χ0n) is 23.1. The SMILES string of the molecule is c1ccc([C@H]2N=C(c3ccccc3P(c3ccccc3)c3ccccc3)OC2(c2ccccc2)c2ccccc2)cc1. The first kappa shape index (κ1) is 26.1. The Kier molecular flexibility index (Phi) is 7.22. The molecule has 0 fully saturated rings. The van der Waals surface area contributed by atoms with Gasteiger partial charge in [-0.1, -0.05) is 170 Å². The lowest BCUT2D eigenvalue weighted by Gasteiger charge is -2.35. The third-order valence-corrected chi connectivity index (χ3v) is 10.3. The molecule has 0 aromatic heterocycles. The molecule has 1 atom stereocenters. The van der Waals surface area contributed by atoms with Gasteiger partial charge in [-0.05, 0) is 35.5 Å². The van der Waals surface area contributed by atoms with Gasteiger partial charge in [0.15, 0.2) is 5.60 Å². The summed E-state index contributed by atoms with van der Waals surface area (Å²) >= 11 is 0. The number of rotatable bonds is 7. The summed E-state index contributed by atoms with van der Waals surface area (Å²) in [5.41, 5.74) is 3.48. The van der Waals surface area contributed by atoms with Crippen molar-refractivity contribution in [1.29, 1.82) is 0 Å². The molecule has 0 N–H and O–H groups in total. The summed E-state index contributed by atoms with van der Waals surface area (Å²) in [6.45, 7) is 0. The van der Waals surface area contributed by atoms with Crippen molar-refractivity contribution in [3.63, 3.8) is 0 Å².